The number of primary amides is 1. The molecule has 0 aliphatic carbocycles. The van der Waals surface area contributed by atoms with Gasteiger partial charge in [0.25, 0.3) is 0 Å². The van der Waals surface area contributed by atoms with Gasteiger partial charge >= 0.3 is 0 Å². The first-order valence-corrected chi connectivity index (χ1v) is 10.8. The van der Waals surface area contributed by atoms with Crippen LogP contribution in [0.3, 0.4) is 0 Å². The first-order chi connectivity index (χ1) is 15.5. The average Bonchev–Trinajstić information content (AvgIpc) is 2.80. The third-order valence-electron chi connectivity index (χ3n) is 6.36. The molecular formula is C26H26FN3O2. The van der Waals surface area contributed by atoms with Crippen molar-refractivity contribution in [2.45, 2.75) is 25.7 Å². The zero-order chi connectivity index (χ0) is 22.6. The van der Waals surface area contributed by atoms with Crippen LogP contribution in [0.25, 0.3) is 11.1 Å². The number of carbonyl (C=O) groups is 2. The second-order valence-corrected chi connectivity index (χ2v) is 8.41. The van der Waals surface area contributed by atoms with Crippen LogP contribution in [0.4, 0.5) is 4.39 Å². The number of nitrogens with two attached hydrogens (primary N) is 1. The SMILES string of the molecule is NC(=O)C1(Cc2ccccc2-c2cccnc2)CCN(C(=O)Cc2cccc(F)c2)CC1. The number of nitrogens with zero attached hydrogens (tertiary/aromatic N) is 2. The van der Waals surface area contributed by atoms with E-state index in [1.807, 2.05) is 42.6 Å². The summed E-state index contributed by atoms with van der Waals surface area (Å²) in [6.07, 6.45) is 5.19. The van der Waals surface area contributed by atoms with Gasteiger partial charge in [0.15, 0.2) is 0 Å². The number of piperidine rings is 1. The van der Waals surface area contributed by atoms with Crippen LogP contribution in [0.5, 0.6) is 0 Å². The van der Waals surface area contributed by atoms with Crippen LogP contribution >= 0.6 is 0 Å². The number of aromatic nitrogens is 1. The molecule has 6 heteroatoms. The lowest BCUT2D eigenvalue weighted by atomic mass is 9.72. The number of rotatable bonds is 6. The summed E-state index contributed by atoms with van der Waals surface area (Å²) in [5, 5.41) is 0. The lowest BCUT2D eigenvalue weighted by Gasteiger charge is -2.40. The van der Waals surface area contributed by atoms with Crippen LogP contribution in [0.15, 0.2) is 73.1 Å². The van der Waals surface area contributed by atoms with Crippen molar-refractivity contribution >= 4 is 11.8 Å². The number of amides is 2. The maximum atomic E-state index is 13.4. The molecule has 0 saturated carbocycles. The van der Waals surface area contributed by atoms with E-state index in [1.54, 1.807) is 23.2 Å². The molecule has 1 saturated heterocycles. The highest BCUT2D eigenvalue weighted by Gasteiger charge is 2.41. The summed E-state index contributed by atoms with van der Waals surface area (Å²) in [6, 6.07) is 17.9. The van der Waals surface area contributed by atoms with E-state index in [-0.39, 0.29) is 24.1 Å². The average molecular weight is 432 g/mol. The maximum Gasteiger partial charge on any atom is 0.226 e. The molecule has 0 unspecified atom stereocenters. The molecular weight excluding hydrogens is 405 g/mol. The normalized spacial score (nSPS) is 15.3. The number of halogens is 1. The fraction of sp³-hybridized carbons (Fsp3) is 0.269. The van der Waals surface area contributed by atoms with Gasteiger partial charge in [-0.05, 0) is 54.2 Å². The van der Waals surface area contributed by atoms with E-state index in [0.29, 0.717) is 37.9 Å². The molecule has 4 rings (SSSR count). The Bertz CT molecular complexity index is 1110. The number of benzene rings is 2. The van der Waals surface area contributed by atoms with Crippen molar-refractivity contribution in [1.29, 1.82) is 0 Å². The molecule has 5 nitrogen and oxygen atoms in total. The lowest BCUT2D eigenvalue weighted by molar-refractivity contribution is -0.138. The summed E-state index contributed by atoms with van der Waals surface area (Å²) >= 11 is 0. The van der Waals surface area contributed by atoms with Crippen LogP contribution in [0.2, 0.25) is 0 Å². The van der Waals surface area contributed by atoms with Crippen LogP contribution in [0, 0.1) is 11.2 Å². The summed E-state index contributed by atoms with van der Waals surface area (Å²) in [4.78, 5) is 31.3. The third-order valence-corrected chi connectivity index (χ3v) is 6.36. The van der Waals surface area contributed by atoms with Crippen molar-refractivity contribution < 1.29 is 14.0 Å². The van der Waals surface area contributed by atoms with Crippen LogP contribution in [0.1, 0.15) is 24.0 Å². The number of likely N-dealkylation sites (tertiary alicyclic amines) is 1. The van der Waals surface area contributed by atoms with E-state index < -0.39 is 5.41 Å². The Kier molecular flexibility index (Phi) is 6.30. The number of carbonyl (C=O) groups excluding carboxylic acids is 2. The number of pyridine rings is 1. The largest absolute Gasteiger partial charge is 0.369 e. The molecule has 0 bridgehead atoms. The van der Waals surface area contributed by atoms with Crippen molar-refractivity contribution in [3.05, 3.63) is 90.0 Å². The molecule has 1 aromatic heterocycles. The molecule has 2 N–H and O–H groups in total. The summed E-state index contributed by atoms with van der Waals surface area (Å²) in [5.74, 6) is -0.755. The Labute approximate surface area is 187 Å². The second-order valence-electron chi connectivity index (χ2n) is 8.41. The molecule has 1 aliphatic rings. The first kappa shape index (κ1) is 21.7. The van der Waals surface area contributed by atoms with Gasteiger partial charge in [-0.3, -0.25) is 14.6 Å². The van der Waals surface area contributed by atoms with Gasteiger partial charge in [-0.15, -0.1) is 0 Å². The van der Waals surface area contributed by atoms with Crippen LogP contribution < -0.4 is 5.73 Å². The summed E-state index contributed by atoms with van der Waals surface area (Å²) in [6.45, 7) is 0.901. The number of hydrogen-bond acceptors (Lipinski definition) is 3. The van der Waals surface area contributed by atoms with Gasteiger partial charge in [0.05, 0.1) is 11.8 Å². The minimum atomic E-state index is -0.714. The quantitative estimate of drug-likeness (QED) is 0.646. The molecule has 0 atom stereocenters. The molecule has 1 fully saturated rings. The van der Waals surface area contributed by atoms with E-state index in [1.165, 1.54) is 12.1 Å². The van der Waals surface area contributed by atoms with E-state index in [9.17, 15) is 14.0 Å². The second kappa shape index (κ2) is 9.30. The zero-order valence-corrected chi connectivity index (χ0v) is 17.8. The molecule has 1 aliphatic heterocycles. The third kappa shape index (κ3) is 4.69. The maximum absolute atomic E-state index is 13.4. The van der Waals surface area contributed by atoms with E-state index >= 15 is 0 Å². The minimum absolute atomic E-state index is 0.0653. The standard InChI is InChI=1S/C26H26FN3O2/c27-22-8-3-5-19(15-22)16-24(31)30-13-10-26(11-14-30,25(28)32)17-20-6-1-2-9-23(20)21-7-4-12-29-18-21/h1-9,12,15,18H,10-11,13-14,16-17H2,(H2,28,32). The Morgan fingerprint density at radius 3 is 2.50 bits per heavy atom. The fourth-order valence-corrected chi connectivity index (χ4v) is 4.47. The summed E-state index contributed by atoms with van der Waals surface area (Å²) < 4.78 is 13.4. The molecule has 0 spiro atoms. The highest BCUT2D eigenvalue weighted by atomic mass is 19.1. The highest BCUT2D eigenvalue weighted by molar-refractivity contribution is 5.83. The van der Waals surface area contributed by atoms with Gasteiger partial charge < -0.3 is 10.6 Å². The highest BCUT2D eigenvalue weighted by Crippen LogP contribution is 2.37. The first-order valence-electron chi connectivity index (χ1n) is 10.8. The van der Waals surface area contributed by atoms with Gasteiger partial charge in [-0.2, -0.15) is 0 Å². The molecule has 2 heterocycles. The van der Waals surface area contributed by atoms with Crippen LogP contribution in [-0.4, -0.2) is 34.8 Å². The topological polar surface area (TPSA) is 76.3 Å². The van der Waals surface area contributed by atoms with E-state index in [0.717, 1.165) is 16.7 Å². The number of hydrogen-bond donors (Lipinski definition) is 1. The minimum Gasteiger partial charge on any atom is -0.369 e. The van der Waals surface area contributed by atoms with Crippen molar-refractivity contribution in [2.24, 2.45) is 11.1 Å². The van der Waals surface area contributed by atoms with Crippen LogP contribution in [-0.2, 0) is 22.4 Å². The predicted octanol–water partition coefficient (Wildman–Crippen LogP) is 3.77. The van der Waals surface area contributed by atoms with E-state index in [4.69, 9.17) is 5.73 Å². The van der Waals surface area contributed by atoms with E-state index in [2.05, 4.69) is 4.98 Å². The molecule has 2 aromatic carbocycles. The van der Waals surface area contributed by atoms with Crippen molar-refractivity contribution in [2.75, 3.05) is 13.1 Å². The molecule has 3 aromatic rings. The monoisotopic (exact) mass is 431 g/mol. The molecule has 0 radical (unpaired) electrons. The predicted molar refractivity (Wildman–Crippen MR) is 121 cm³/mol. The van der Waals surface area contributed by atoms with Crippen molar-refractivity contribution in [3.63, 3.8) is 0 Å². The summed E-state index contributed by atoms with van der Waals surface area (Å²) in [5.41, 5.74) is 8.90. The zero-order valence-electron chi connectivity index (χ0n) is 17.8. The van der Waals surface area contributed by atoms with Gasteiger partial charge in [0.1, 0.15) is 5.82 Å². The Morgan fingerprint density at radius 1 is 1.03 bits per heavy atom. The van der Waals surface area contributed by atoms with Gasteiger partial charge in [0.2, 0.25) is 11.8 Å². The smallest absolute Gasteiger partial charge is 0.226 e. The Hall–Kier alpha value is -3.54. The molecule has 164 valence electrons. The fourth-order valence-electron chi connectivity index (χ4n) is 4.47. The van der Waals surface area contributed by atoms with Crippen molar-refractivity contribution in [1.82, 2.24) is 9.88 Å². The van der Waals surface area contributed by atoms with Gasteiger partial charge in [-0.1, -0.05) is 42.5 Å². The Morgan fingerprint density at radius 2 is 1.81 bits per heavy atom. The summed E-state index contributed by atoms with van der Waals surface area (Å²) in [7, 11) is 0. The Balaban J connectivity index is 1.49. The molecule has 32 heavy (non-hydrogen) atoms. The molecule has 2 amide bonds. The van der Waals surface area contributed by atoms with Gasteiger partial charge in [-0.25, -0.2) is 4.39 Å². The lowest BCUT2D eigenvalue weighted by Crippen LogP contribution is -2.50. The van der Waals surface area contributed by atoms with Crippen molar-refractivity contribution in [3.8, 4) is 11.1 Å². The van der Waals surface area contributed by atoms with Gasteiger partial charge in [0, 0.05) is 31.0 Å².